The first-order chi connectivity index (χ1) is 13.9. The van der Waals surface area contributed by atoms with Gasteiger partial charge in [-0.25, -0.2) is 0 Å². The monoisotopic (exact) mass is 392 g/mol. The van der Waals surface area contributed by atoms with Gasteiger partial charge in [0, 0.05) is 23.7 Å². The zero-order chi connectivity index (χ0) is 21.0. The van der Waals surface area contributed by atoms with E-state index in [1.54, 1.807) is 31.4 Å². The maximum absolute atomic E-state index is 13.1. The number of carbonyl (C=O) groups excluding carboxylic acids is 1. The molecule has 5 heteroatoms. The third kappa shape index (κ3) is 5.05. The first-order valence-corrected chi connectivity index (χ1v) is 9.84. The van der Waals surface area contributed by atoms with Crippen molar-refractivity contribution in [3.8, 4) is 17.1 Å². The van der Waals surface area contributed by atoms with Crippen LogP contribution in [0, 0.1) is 19.8 Å². The maximum atomic E-state index is 13.1. The number of carbonyl (C=O) groups is 1. The number of amides is 1. The van der Waals surface area contributed by atoms with E-state index in [4.69, 9.17) is 9.26 Å². The molecule has 0 N–H and O–H groups in total. The third-order valence-corrected chi connectivity index (χ3v) is 4.78. The second kappa shape index (κ2) is 8.95. The highest BCUT2D eigenvalue weighted by atomic mass is 16.5. The number of benzene rings is 2. The number of aromatic nitrogens is 1. The van der Waals surface area contributed by atoms with Gasteiger partial charge in [0.2, 0.25) is 0 Å². The number of rotatable bonds is 7. The van der Waals surface area contributed by atoms with E-state index >= 15 is 0 Å². The molecule has 0 aliphatic carbocycles. The molecule has 1 heterocycles. The first-order valence-electron chi connectivity index (χ1n) is 9.84. The number of hydrogen-bond donors (Lipinski definition) is 0. The van der Waals surface area contributed by atoms with Crippen LogP contribution >= 0.6 is 0 Å². The lowest BCUT2D eigenvalue weighted by Crippen LogP contribution is -2.33. The third-order valence-electron chi connectivity index (χ3n) is 4.78. The molecular weight excluding hydrogens is 364 g/mol. The van der Waals surface area contributed by atoms with E-state index in [2.05, 4.69) is 51.1 Å². The molecule has 0 aliphatic rings. The summed E-state index contributed by atoms with van der Waals surface area (Å²) in [7, 11) is 1.61. The highest BCUT2D eigenvalue weighted by Crippen LogP contribution is 2.26. The number of aryl methyl sites for hydroxylation is 2. The fourth-order valence-electron chi connectivity index (χ4n) is 3.29. The molecular formula is C24H28N2O3. The van der Waals surface area contributed by atoms with E-state index in [1.807, 2.05) is 11.0 Å². The number of nitrogens with zero attached hydrogens (tertiary/aromatic N) is 2. The summed E-state index contributed by atoms with van der Waals surface area (Å²) >= 11 is 0. The lowest BCUT2D eigenvalue weighted by molar-refractivity contribution is 0.0718. The summed E-state index contributed by atoms with van der Waals surface area (Å²) in [5.74, 6) is 1.76. The average Bonchev–Trinajstić information content (AvgIpc) is 3.17. The molecule has 0 radical (unpaired) electrons. The molecule has 3 aromatic rings. The highest BCUT2D eigenvalue weighted by Gasteiger charge is 2.20. The lowest BCUT2D eigenvalue weighted by Gasteiger charge is -2.23. The van der Waals surface area contributed by atoms with Crippen LogP contribution in [-0.4, -0.2) is 29.6 Å². The van der Waals surface area contributed by atoms with Crippen molar-refractivity contribution in [1.82, 2.24) is 10.1 Å². The topological polar surface area (TPSA) is 55.6 Å². The maximum Gasteiger partial charge on any atom is 0.254 e. The van der Waals surface area contributed by atoms with Crippen LogP contribution in [-0.2, 0) is 6.54 Å². The first kappa shape index (κ1) is 20.6. The summed E-state index contributed by atoms with van der Waals surface area (Å²) in [6.07, 6.45) is 0. The molecule has 29 heavy (non-hydrogen) atoms. The van der Waals surface area contributed by atoms with Crippen LogP contribution in [0.1, 0.15) is 41.0 Å². The smallest absolute Gasteiger partial charge is 0.254 e. The van der Waals surface area contributed by atoms with Crippen LogP contribution < -0.4 is 4.74 Å². The van der Waals surface area contributed by atoms with Crippen LogP contribution in [0.25, 0.3) is 11.3 Å². The minimum Gasteiger partial charge on any atom is -0.497 e. The van der Waals surface area contributed by atoms with Crippen LogP contribution in [0.4, 0.5) is 0 Å². The van der Waals surface area contributed by atoms with E-state index in [9.17, 15) is 4.79 Å². The van der Waals surface area contributed by atoms with E-state index < -0.39 is 0 Å². The molecule has 0 atom stereocenters. The predicted molar refractivity (Wildman–Crippen MR) is 114 cm³/mol. The molecule has 152 valence electrons. The number of hydrogen-bond acceptors (Lipinski definition) is 4. The second-order valence-electron chi connectivity index (χ2n) is 7.81. The molecule has 0 saturated carbocycles. The second-order valence-corrected chi connectivity index (χ2v) is 7.81. The molecule has 0 aliphatic heterocycles. The van der Waals surface area contributed by atoms with Crippen molar-refractivity contribution in [3.05, 3.63) is 70.9 Å². The standard InChI is InChI=1S/C24H28N2O3/c1-16(2)14-26(24(27)19-8-10-21(28-5)11-9-19)15-20-13-23(29-25-20)22-12-17(3)6-7-18(22)4/h6-13,16H,14-15H2,1-5H3. The van der Waals surface area contributed by atoms with Crippen molar-refractivity contribution in [1.29, 1.82) is 0 Å². The van der Waals surface area contributed by atoms with Crippen molar-refractivity contribution in [2.75, 3.05) is 13.7 Å². The van der Waals surface area contributed by atoms with E-state index in [1.165, 1.54) is 5.56 Å². The number of ether oxygens (including phenoxy) is 1. The van der Waals surface area contributed by atoms with Gasteiger partial charge in [-0.05, 0) is 55.7 Å². The largest absolute Gasteiger partial charge is 0.497 e. The van der Waals surface area contributed by atoms with Gasteiger partial charge in [0.05, 0.1) is 13.7 Å². The van der Waals surface area contributed by atoms with E-state index in [0.717, 1.165) is 28.3 Å². The van der Waals surface area contributed by atoms with E-state index in [-0.39, 0.29) is 5.91 Å². The Morgan fingerprint density at radius 1 is 1.10 bits per heavy atom. The SMILES string of the molecule is COc1ccc(C(=O)N(Cc2cc(-c3cc(C)ccc3C)on2)CC(C)C)cc1. The quantitative estimate of drug-likeness (QED) is 0.550. The zero-order valence-corrected chi connectivity index (χ0v) is 17.7. The van der Waals surface area contributed by atoms with Crippen molar-refractivity contribution in [2.24, 2.45) is 5.92 Å². The Labute approximate surface area is 172 Å². The minimum atomic E-state index is -0.0300. The van der Waals surface area contributed by atoms with Crippen LogP contribution in [0.3, 0.4) is 0 Å². The Morgan fingerprint density at radius 3 is 2.48 bits per heavy atom. The van der Waals surface area contributed by atoms with Gasteiger partial charge in [0.1, 0.15) is 11.4 Å². The van der Waals surface area contributed by atoms with Crippen LogP contribution in [0.5, 0.6) is 5.75 Å². The molecule has 5 nitrogen and oxygen atoms in total. The molecule has 1 amide bonds. The summed E-state index contributed by atoms with van der Waals surface area (Å²) in [5, 5.41) is 4.22. The number of methoxy groups -OCH3 is 1. The van der Waals surface area contributed by atoms with Gasteiger partial charge in [-0.15, -0.1) is 0 Å². The Balaban J connectivity index is 1.82. The molecule has 2 aromatic carbocycles. The zero-order valence-electron chi connectivity index (χ0n) is 17.7. The van der Waals surface area contributed by atoms with E-state index in [0.29, 0.717) is 24.6 Å². The van der Waals surface area contributed by atoms with Crippen LogP contribution in [0.2, 0.25) is 0 Å². The molecule has 1 aromatic heterocycles. The Bertz CT molecular complexity index is 974. The molecule has 0 spiro atoms. The predicted octanol–water partition coefficient (Wildman–Crippen LogP) is 5.27. The van der Waals surface area contributed by atoms with Crippen molar-refractivity contribution in [2.45, 2.75) is 34.2 Å². The summed E-state index contributed by atoms with van der Waals surface area (Å²) in [4.78, 5) is 14.9. The van der Waals surface area contributed by atoms with Crippen molar-refractivity contribution < 1.29 is 14.1 Å². The Morgan fingerprint density at radius 2 is 1.83 bits per heavy atom. The average molecular weight is 392 g/mol. The van der Waals surface area contributed by atoms with Gasteiger partial charge in [0.25, 0.3) is 5.91 Å². The Hall–Kier alpha value is -3.08. The summed E-state index contributed by atoms with van der Waals surface area (Å²) in [6.45, 7) is 9.33. The fraction of sp³-hybridized carbons (Fsp3) is 0.333. The van der Waals surface area contributed by atoms with Gasteiger partial charge >= 0.3 is 0 Å². The molecule has 0 bridgehead atoms. The van der Waals surface area contributed by atoms with Crippen molar-refractivity contribution in [3.63, 3.8) is 0 Å². The van der Waals surface area contributed by atoms with Crippen molar-refractivity contribution >= 4 is 5.91 Å². The molecule has 3 rings (SSSR count). The van der Waals surface area contributed by atoms with Gasteiger partial charge in [-0.1, -0.05) is 36.7 Å². The van der Waals surface area contributed by atoms with Gasteiger partial charge in [-0.3, -0.25) is 4.79 Å². The molecule has 0 unspecified atom stereocenters. The molecule has 0 saturated heterocycles. The van der Waals surface area contributed by atoms with Gasteiger partial charge < -0.3 is 14.2 Å². The molecule has 0 fully saturated rings. The summed E-state index contributed by atoms with van der Waals surface area (Å²) in [6, 6.07) is 15.4. The van der Waals surface area contributed by atoms with Crippen LogP contribution in [0.15, 0.2) is 53.1 Å². The highest BCUT2D eigenvalue weighted by molar-refractivity contribution is 5.94. The van der Waals surface area contributed by atoms with Gasteiger partial charge in [0.15, 0.2) is 5.76 Å². The Kier molecular flexibility index (Phi) is 6.37. The summed E-state index contributed by atoms with van der Waals surface area (Å²) < 4.78 is 10.8. The lowest BCUT2D eigenvalue weighted by atomic mass is 10.0. The van der Waals surface area contributed by atoms with Gasteiger partial charge in [-0.2, -0.15) is 0 Å². The fourth-order valence-corrected chi connectivity index (χ4v) is 3.29. The normalized spacial score (nSPS) is 11.0. The minimum absolute atomic E-state index is 0.0300. The summed E-state index contributed by atoms with van der Waals surface area (Å²) in [5.41, 5.74) is 4.69.